The van der Waals surface area contributed by atoms with Gasteiger partial charge in [-0.1, -0.05) is 6.07 Å². The molecule has 3 N–H and O–H groups in total. The third-order valence-corrected chi connectivity index (χ3v) is 4.84. The molecule has 1 aliphatic heterocycles. The Morgan fingerprint density at radius 2 is 1.94 bits per heavy atom. The van der Waals surface area contributed by atoms with Gasteiger partial charge in [-0.15, -0.1) is 0 Å². The Morgan fingerprint density at radius 1 is 1.26 bits per heavy atom. The zero-order chi connectivity index (χ0) is 22.8. The van der Waals surface area contributed by atoms with Crippen LogP contribution in [0.15, 0.2) is 24.4 Å². The Morgan fingerprint density at radius 3 is 2.52 bits per heavy atom. The number of ketones is 1. The van der Waals surface area contributed by atoms with Crippen LogP contribution in [0.25, 0.3) is 0 Å². The van der Waals surface area contributed by atoms with Crippen molar-refractivity contribution in [2.75, 3.05) is 31.2 Å². The Bertz CT molecular complexity index is 991. The quantitative estimate of drug-likeness (QED) is 0.542. The minimum absolute atomic E-state index is 0.0340. The summed E-state index contributed by atoms with van der Waals surface area (Å²) in [5.41, 5.74) is 5.43. The molecule has 3 rings (SSSR count). The SMILES string of the molecule is COc1cccc(F)c1C(=O)c1cnc(NC2CCN(C(=O)C(F)(F)F)CC2)nc1N. The highest BCUT2D eigenvalue weighted by atomic mass is 19.4. The van der Waals surface area contributed by atoms with Gasteiger partial charge in [0.25, 0.3) is 0 Å². The van der Waals surface area contributed by atoms with Gasteiger partial charge in [0.2, 0.25) is 11.7 Å². The number of likely N-dealkylation sites (tertiary alicyclic amines) is 1. The van der Waals surface area contributed by atoms with Crippen LogP contribution in [0.2, 0.25) is 0 Å². The topological polar surface area (TPSA) is 110 Å². The summed E-state index contributed by atoms with van der Waals surface area (Å²) >= 11 is 0. The third-order valence-electron chi connectivity index (χ3n) is 4.84. The lowest BCUT2D eigenvalue weighted by molar-refractivity contribution is -0.186. The van der Waals surface area contributed by atoms with Gasteiger partial charge in [-0.25, -0.2) is 9.37 Å². The first-order chi connectivity index (χ1) is 14.6. The van der Waals surface area contributed by atoms with Crippen molar-refractivity contribution in [3.63, 3.8) is 0 Å². The summed E-state index contributed by atoms with van der Waals surface area (Å²) in [5.74, 6) is -3.50. The number of nitrogens with one attached hydrogen (secondary N) is 1. The van der Waals surface area contributed by atoms with Crippen molar-refractivity contribution in [3.05, 3.63) is 41.3 Å². The molecule has 0 atom stereocenters. The molecule has 2 heterocycles. The molecule has 1 aromatic carbocycles. The fourth-order valence-electron chi connectivity index (χ4n) is 3.26. The molecule has 2 aromatic rings. The first-order valence-corrected chi connectivity index (χ1v) is 9.24. The van der Waals surface area contributed by atoms with Gasteiger partial charge in [0, 0.05) is 25.3 Å². The van der Waals surface area contributed by atoms with Gasteiger partial charge in [0.05, 0.1) is 12.7 Å². The number of piperidine rings is 1. The number of aromatic nitrogens is 2. The number of amides is 1. The maximum Gasteiger partial charge on any atom is 0.471 e. The highest BCUT2D eigenvalue weighted by Crippen LogP contribution is 2.27. The molecular weight excluding hydrogens is 422 g/mol. The van der Waals surface area contributed by atoms with Crippen molar-refractivity contribution in [1.82, 2.24) is 14.9 Å². The fourth-order valence-corrected chi connectivity index (χ4v) is 3.26. The second-order valence-electron chi connectivity index (χ2n) is 6.85. The number of benzene rings is 1. The number of ether oxygens (including phenoxy) is 1. The van der Waals surface area contributed by atoms with Crippen LogP contribution in [0, 0.1) is 5.82 Å². The largest absolute Gasteiger partial charge is 0.496 e. The predicted octanol–water partition coefficient (Wildman–Crippen LogP) is 2.40. The van der Waals surface area contributed by atoms with E-state index in [0.29, 0.717) is 0 Å². The van der Waals surface area contributed by atoms with E-state index in [-0.39, 0.29) is 60.6 Å². The van der Waals surface area contributed by atoms with E-state index in [0.717, 1.165) is 17.2 Å². The monoisotopic (exact) mass is 441 g/mol. The van der Waals surface area contributed by atoms with Crippen LogP contribution >= 0.6 is 0 Å². The predicted molar refractivity (Wildman–Crippen MR) is 102 cm³/mol. The van der Waals surface area contributed by atoms with E-state index in [1.54, 1.807) is 0 Å². The van der Waals surface area contributed by atoms with Crippen LogP contribution in [-0.2, 0) is 4.79 Å². The highest BCUT2D eigenvalue weighted by molar-refractivity contribution is 6.13. The number of anilines is 2. The summed E-state index contributed by atoms with van der Waals surface area (Å²) in [7, 11) is 1.30. The summed E-state index contributed by atoms with van der Waals surface area (Å²) in [6.45, 7) is -0.149. The van der Waals surface area contributed by atoms with Gasteiger partial charge >= 0.3 is 12.1 Å². The van der Waals surface area contributed by atoms with E-state index in [9.17, 15) is 27.2 Å². The van der Waals surface area contributed by atoms with Crippen LogP contribution < -0.4 is 15.8 Å². The van der Waals surface area contributed by atoms with Crippen molar-refractivity contribution in [2.45, 2.75) is 25.1 Å². The number of nitrogen functional groups attached to an aromatic ring is 1. The molecule has 0 bridgehead atoms. The zero-order valence-corrected chi connectivity index (χ0v) is 16.4. The molecule has 1 fully saturated rings. The third kappa shape index (κ3) is 4.84. The van der Waals surface area contributed by atoms with Crippen molar-refractivity contribution in [2.24, 2.45) is 0 Å². The van der Waals surface area contributed by atoms with Crippen molar-refractivity contribution in [1.29, 1.82) is 0 Å². The van der Waals surface area contributed by atoms with E-state index in [1.165, 1.54) is 19.2 Å². The van der Waals surface area contributed by atoms with Crippen molar-refractivity contribution < 1.29 is 31.9 Å². The number of hydrogen-bond donors (Lipinski definition) is 2. The Kier molecular flexibility index (Phi) is 6.27. The molecule has 1 aromatic heterocycles. The molecule has 166 valence electrons. The number of carbonyl (C=O) groups is 2. The maximum absolute atomic E-state index is 14.2. The van der Waals surface area contributed by atoms with Gasteiger partial charge < -0.3 is 20.7 Å². The van der Waals surface area contributed by atoms with E-state index < -0.39 is 23.7 Å². The normalized spacial score (nSPS) is 14.9. The number of nitrogens with two attached hydrogens (primary N) is 1. The zero-order valence-electron chi connectivity index (χ0n) is 16.4. The lowest BCUT2D eigenvalue weighted by Gasteiger charge is -2.32. The van der Waals surface area contributed by atoms with Crippen LogP contribution in [-0.4, -0.2) is 59.0 Å². The number of methoxy groups -OCH3 is 1. The second kappa shape index (κ2) is 8.74. The summed E-state index contributed by atoms with van der Waals surface area (Å²) in [5, 5.41) is 2.93. The Balaban J connectivity index is 1.69. The molecule has 1 saturated heterocycles. The highest BCUT2D eigenvalue weighted by Gasteiger charge is 2.43. The van der Waals surface area contributed by atoms with E-state index >= 15 is 0 Å². The molecule has 12 heteroatoms. The van der Waals surface area contributed by atoms with Gasteiger partial charge in [-0.3, -0.25) is 9.59 Å². The minimum Gasteiger partial charge on any atom is -0.496 e. The number of alkyl halides is 3. The fraction of sp³-hybridized carbons (Fsp3) is 0.368. The Hall–Kier alpha value is -3.44. The molecular formula is C19H19F4N5O3. The number of nitrogens with zero attached hydrogens (tertiary/aromatic N) is 3. The smallest absolute Gasteiger partial charge is 0.471 e. The van der Waals surface area contributed by atoms with Gasteiger partial charge in [0.1, 0.15) is 22.9 Å². The summed E-state index contributed by atoms with van der Waals surface area (Å²) < 4.78 is 56.8. The van der Waals surface area contributed by atoms with Crippen molar-refractivity contribution >= 4 is 23.5 Å². The standard InChI is InChI=1S/C19H19F4N5O3/c1-31-13-4-2-3-12(20)14(13)15(29)11-9-25-18(27-16(11)24)26-10-5-7-28(8-6-10)17(30)19(21,22)23/h2-4,9-10H,5-8H2,1H3,(H3,24,25,26,27). The van der Waals surface area contributed by atoms with Gasteiger partial charge in [-0.2, -0.15) is 18.2 Å². The van der Waals surface area contributed by atoms with Crippen LogP contribution in [0.5, 0.6) is 5.75 Å². The maximum atomic E-state index is 14.2. The summed E-state index contributed by atoms with van der Waals surface area (Å²) in [4.78, 5) is 32.8. The first kappa shape index (κ1) is 22.2. The molecule has 0 saturated carbocycles. The molecule has 1 amide bonds. The molecule has 8 nitrogen and oxygen atoms in total. The number of halogens is 4. The van der Waals surface area contributed by atoms with E-state index in [4.69, 9.17) is 10.5 Å². The molecule has 0 spiro atoms. The average Bonchev–Trinajstić information content (AvgIpc) is 2.72. The van der Waals surface area contributed by atoms with Crippen molar-refractivity contribution in [3.8, 4) is 5.75 Å². The Labute approximate surface area is 174 Å². The summed E-state index contributed by atoms with van der Waals surface area (Å²) in [6, 6.07) is 3.65. The van der Waals surface area contributed by atoms with E-state index in [2.05, 4.69) is 15.3 Å². The molecule has 0 radical (unpaired) electrons. The van der Waals surface area contributed by atoms with Crippen LogP contribution in [0.4, 0.5) is 29.3 Å². The average molecular weight is 441 g/mol. The van der Waals surface area contributed by atoms with Crippen LogP contribution in [0.3, 0.4) is 0 Å². The number of rotatable bonds is 5. The lowest BCUT2D eigenvalue weighted by Crippen LogP contribution is -2.47. The first-order valence-electron chi connectivity index (χ1n) is 9.24. The van der Waals surface area contributed by atoms with Crippen LogP contribution in [0.1, 0.15) is 28.8 Å². The van der Waals surface area contributed by atoms with E-state index in [1.807, 2.05) is 0 Å². The van der Waals surface area contributed by atoms with Gasteiger partial charge in [0.15, 0.2) is 0 Å². The molecule has 31 heavy (non-hydrogen) atoms. The number of carbonyl (C=O) groups excluding carboxylic acids is 2. The molecule has 0 unspecified atom stereocenters. The number of hydrogen-bond acceptors (Lipinski definition) is 7. The molecule has 0 aliphatic carbocycles. The molecule has 1 aliphatic rings. The lowest BCUT2D eigenvalue weighted by atomic mass is 10.0. The van der Waals surface area contributed by atoms with Gasteiger partial charge in [-0.05, 0) is 25.0 Å². The minimum atomic E-state index is -4.90. The summed E-state index contributed by atoms with van der Waals surface area (Å²) in [6.07, 6.45) is -3.27. The second-order valence-corrected chi connectivity index (χ2v) is 6.85.